The third-order valence-corrected chi connectivity index (χ3v) is 7.20. The van der Waals surface area contributed by atoms with Crippen LogP contribution in [0.1, 0.15) is 72.7 Å². The topological polar surface area (TPSA) is 75.1 Å². The van der Waals surface area contributed by atoms with Gasteiger partial charge in [-0.2, -0.15) is 0 Å². The van der Waals surface area contributed by atoms with Gasteiger partial charge in [-0.1, -0.05) is 0 Å². The zero-order chi connectivity index (χ0) is 19.0. The van der Waals surface area contributed by atoms with Crippen LogP contribution in [0.3, 0.4) is 0 Å². The fourth-order valence-corrected chi connectivity index (χ4v) is 6.27. The molecule has 5 aliphatic rings. The van der Waals surface area contributed by atoms with E-state index < -0.39 is 11.5 Å². The molecule has 4 bridgehead atoms. The lowest BCUT2D eigenvalue weighted by molar-refractivity contribution is -0.136. The largest absolute Gasteiger partial charge is 0.390 e. The summed E-state index contributed by atoms with van der Waals surface area (Å²) in [5, 5.41) is 13.9. The number of carbonyl (C=O) groups is 1. The molecule has 2 atom stereocenters. The van der Waals surface area contributed by atoms with Gasteiger partial charge in [0, 0.05) is 31.0 Å². The van der Waals surface area contributed by atoms with Crippen molar-refractivity contribution in [2.75, 3.05) is 0 Å². The maximum Gasteiger partial charge on any atom is 0.254 e. The van der Waals surface area contributed by atoms with E-state index in [1.165, 1.54) is 6.20 Å². The molecule has 2 unspecified atom stereocenters. The van der Waals surface area contributed by atoms with Crippen LogP contribution in [0.2, 0.25) is 0 Å². The van der Waals surface area contributed by atoms with E-state index in [9.17, 15) is 18.7 Å². The Bertz CT molecular complexity index is 775. The first kappa shape index (κ1) is 17.5. The van der Waals surface area contributed by atoms with Crippen LogP contribution in [0.25, 0.3) is 0 Å². The predicted octanol–water partition coefficient (Wildman–Crippen LogP) is 2.97. The summed E-state index contributed by atoms with van der Waals surface area (Å²) in [5.41, 5.74) is 0.231. The number of aliphatic hydroxyl groups is 1. The van der Waals surface area contributed by atoms with Gasteiger partial charge in [-0.25, -0.2) is 18.7 Å². The molecule has 7 heteroatoms. The maximum absolute atomic E-state index is 13.3. The van der Waals surface area contributed by atoms with E-state index in [1.807, 2.05) is 0 Å². The molecule has 5 aliphatic carbocycles. The van der Waals surface area contributed by atoms with Gasteiger partial charge in [-0.3, -0.25) is 4.79 Å². The highest BCUT2D eigenvalue weighted by Crippen LogP contribution is 2.55. The van der Waals surface area contributed by atoms with Crippen LogP contribution in [0.15, 0.2) is 6.20 Å². The first-order valence-electron chi connectivity index (χ1n) is 9.96. The van der Waals surface area contributed by atoms with Crippen LogP contribution in [0.5, 0.6) is 0 Å². The van der Waals surface area contributed by atoms with Crippen molar-refractivity contribution >= 4 is 5.91 Å². The third kappa shape index (κ3) is 2.94. The van der Waals surface area contributed by atoms with Gasteiger partial charge in [0.05, 0.1) is 16.9 Å². The Morgan fingerprint density at radius 3 is 2.44 bits per heavy atom. The third-order valence-electron chi connectivity index (χ3n) is 7.20. The van der Waals surface area contributed by atoms with Crippen LogP contribution in [-0.2, 0) is 0 Å². The number of alkyl halides is 2. The zero-order valence-electron chi connectivity index (χ0n) is 15.4. The molecule has 5 nitrogen and oxygen atoms in total. The molecule has 0 saturated heterocycles. The summed E-state index contributed by atoms with van der Waals surface area (Å²) in [6.45, 7) is 1.71. The summed E-state index contributed by atoms with van der Waals surface area (Å²) in [5.74, 6) is -1.65. The molecule has 1 aromatic rings. The molecule has 27 heavy (non-hydrogen) atoms. The van der Waals surface area contributed by atoms with E-state index in [4.69, 9.17) is 0 Å². The van der Waals surface area contributed by atoms with Crippen LogP contribution in [0.4, 0.5) is 8.78 Å². The predicted molar refractivity (Wildman–Crippen MR) is 93.5 cm³/mol. The highest BCUT2D eigenvalue weighted by Gasteiger charge is 2.55. The van der Waals surface area contributed by atoms with E-state index in [-0.39, 0.29) is 30.7 Å². The molecule has 0 aromatic carbocycles. The molecule has 146 valence electrons. The van der Waals surface area contributed by atoms with Crippen molar-refractivity contribution in [1.29, 1.82) is 0 Å². The minimum atomic E-state index is -2.66. The molecule has 2 N–H and O–H groups in total. The molecule has 1 aromatic heterocycles. The van der Waals surface area contributed by atoms with Gasteiger partial charge in [-0.15, -0.1) is 0 Å². The molecular formula is C20H25F2N3O2. The number of rotatable bonds is 3. The van der Waals surface area contributed by atoms with Crippen molar-refractivity contribution in [3.8, 4) is 0 Å². The molecular weight excluding hydrogens is 352 g/mol. The minimum absolute atomic E-state index is 0.0475. The van der Waals surface area contributed by atoms with Gasteiger partial charge in [0.25, 0.3) is 5.91 Å². The Morgan fingerprint density at radius 1 is 1.19 bits per heavy atom. The smallest absolute Gasteiger partial charge is 0.254 e. The van der Waals surface area contributed by atoms with E-state index in [1.54, 1.807) is 6.92 Å². The maximum atomic E-state index is 13.3. The number of nitrogens with zero attached hydrogens (tertiary/aromatic N) is 2. The van der Waals surface area contributed by atoms with Crippen LogP contribution in [-0.4, -0.2) is 38.5 Å². The van der Waals surface area contributed by atoms with E-state index in [2.05, 4.69) is 15.3 Å². The molecule has 1 heterocycles. The number of halogens is 2. The normalized spacial score (nSPS) is 39.3. The van der Waals surface area contributed by atoms with Crippen molar-refractivity contribution in [3.63, 3.8) is 0 Å². The van der Waals surface area contributed by atoms with E-state index in [0.29, 0.717) is 34.8 Å². The van der Waals surface area contributed by atoms with Crippen LogP contribution < -0.4 is 5.32 Å². The van der Waals surface area contributed by atoms with Crippen molar-refractivity contribution in [2.24, 2.45) is 17.8 Å². The summed E-state index contributed by atoms with van der Waals surface area (Å²) in [6.07, 6.45) is 5.46. The lowest BCUT2D eigenvalue weighted by Gasteiger charge is -2.58. The van der Waals surface area contributed by atoms with Gasteiger partial charge in [-0.05, 0) is 56.8 Å². The summed E-state index contributed by atoms with van der Waals surface area (Å²) in [4.78, 5) is 21.5. The van der Waals surface area contributed by atoms with Gasteiger partial charge < -0.3 is 10.4 Å². The van der Waals surface area contributed by atoms with E-state index >= 15 is 0 Å². The number of amides is 1. The van der Waals surface area contributed by atoms with Gasteiger partial charge in [0.15, 0.2) is 0 Å². The highest BCUT2D eigenvalue weighted by atomic mass is 19.3. The standard InChI is InChI=1S/C20H25F2N3O2/c1-10-23-9-15(17(24-10)14-7-20(21,22)8-14)18(26)25-16-12-2-11-3-13(16)6-19(27,4-11)5-12/h9,11-14,16,27H,2-8H2,1H3,(H,25,26)/t11?,12?,13?,16-,19+. The number of aryl methyl sites for hydroxylation is 1. The Balaban J connectivity index is 1.36. The van der Waals surface area contributed by atoms with Crippen LogP contribution >= 0.6 is 0 Å². The quantitative estimate of drug-likeness (QED) is 0.849. The van der Waals surface area contributed by atoms with Crippen molar-refractivity contribution in [2.45, 2.75) is 75.4 Å². The zero-order valence-corrected chi connectivity index (χ0v) is 15.4. The lowest BCUT2D eigenvalue weighted by Crippen LogP contribution is -2.61. The minimum Gasteiger partial charge on any atom is -0.390 e. The number of hydrogen-bond donors (Lipinski definition) is 2. The monoisotopic (exact) mass is 377 g/mol. The summed E-state index contributed by atoms with van der Waals surface area (Å²) >= 11 is 0. The number of carbonyl (C=O) groups excluding carboxylic acids is 1. The number of nitrogens with one attached hydrogen (secondary N) is 1. The lowest BCUT2D eigenvalue weighted by atomic mass is 9.52. The second-order valence-corrected chi connectivity index (χ2v) is 9.37. The molecule has 5 fully saturated rings. The Hall–Kier alpha value is -1.63. The van der Waals surface area contributed by atoms with Gasteiger partial charge >= 0.3 is 0 Å². The molecule has 0 spiro atoms. The Kier molecular flexibility index (Phi) is 3.68. The average Bonchev–Trinajstić information content (AvgIpc) is 2.54. The molecule has 1 amide bonds. The SMILES string of the molecule is Cc1ncc(C(=O)N[C@H]2C3CC4CC2C[C@@](O)(C4)C3)c(C2CC(F)(F)C2)n1. The van der Waals surface area contributed by atoms with Gasteiger partial charge in [0.2, 0.25) is 5.92 Å². The summed E-state index contributed by atoms with van der Waals surface area (Å²) in [6, 6.07) is 0.0475. The van der Waals surface area contributed by atoms with Crippen molar-refractivity contribution < 1.29 is 18.7 Å². The fourth-order valence-electron chi connectivity index (χ4n) is 6.27. The summed E-state index contributed by atoms with van der Waals surface area (Å²) < 4.78 is 26.7. The first-order chi connectivity index (χ1) is 12.7. The van der Waals surface area contributed by atoms with Crippen LogP contribution in [0, 0.1) is 24.7 Å². The fraction of sp³-hybridized carbons (Fsp3) is 0.750. The van der Waals surface area contributed by atoms with Gasteiger partial charge in [0.1, 0.15) is 5.82 Å². The Labute approximate surface area is 157 Å². The summed E-state index contributed by atoms with van der Waals surface area (Å²) in [7, 11) is 0. The second-order valence-electron chi connectivity index (χ2n) is 9.37. The molecule has 0 radical (unpaired) electrons. The second kappa shape index (κ2) is 5.69. The molecule has 6 rings (SSSR count). The molecule has 5 saturated carbocycles. The van der Waals surface area contributed by atoms with E-state index in [0.717, 1.165) is 32.1 Å². The number of aromatic nitrogens is 2. The van der Waals surface area contributed by atoms with Crippen molar-refractivity contribution in [3.05, 3.63) is 23.3 Å². The highest BCUT2D eigenvalue weighted by molar-refractivity contribution is 5.95. The first-order valence-corrected chi connectivity index (χ1v) is 9.96. The average molecular weight is 377 g/mol. The number of hydrogen-bond acceptors (Lipinski definition) is 4. The Morgan fingerprint density at radius 2 is 1.85 bits per heavy atom. The van der Waals surface area contributed by atoms with Crippen molar-refractivity contribution in [1.82, 2.24) is 15.3 Å². The molecule has 0 aliphatic heterocycles.